The number of para-hydroxylation sites is 1. The largest absolute Gasteiger partial charge is 0.359 e. The van der Waals surface area contributed by atoms with Gasteiger partial charge in [-0.2, -0.15) is 0 Å². The van der Waals surface area contributed by atoms with Crippen LogP contribution >= 0.6 is 35.0 Å². The molecular weight excluding hydrogens is 415 g/mol. The molecule has 0 aliphatic heterocycles. The number of rotatable bonds is 6. The Kier molecular flexibility index (Phi) is 5.52. The standard InChI is InChI=1S/C20H14Cl2N4OS/c21-13-8-9-15(16(22)11-13)19-24-25-20(26(19)14-5-2-1-3-6-14)28-12-18(27)17-7-4-10-23-17/h1-11,23H,12H2. The van der Waals surface area contributed by atoms with Crippen LogP contribution in [0.3, 0.4) is 0 Å². The van der Waals surface area contributed by atoms with Crippen LogP contribution in [0.2, 0.25) is 10.0 Å². The number of Topliss-reactive ketones (excluding diaryl/α,β-unsaturated/α-hetero) is 1. The smallest absolute Gasteiger partial charge is 0.196 e. The van der Waals surface area contributed by atoms with Gasteiger partial charge in [0, 0.05) is 22.5 Å². The van der Waals surface area contributed by atoms with E-state index >= 15 is 0 Å². The van der Waals surface area contributed by atoms with Crippen LogP contribution in [0.4, 0.5) is 0 Å². The lowest BCUT2D eigenvalue weighted by molar-refractivity contribution is 0.101. The molecule has 0 fully saturated rings. The highest BCUT2D eigenvalue weighted by atomic mass is 35.5. The Labute approximate surface area is 175 Å². The summed E-state index contributed by atoms with van der Waals surface area (Å²) >= 11 is 13.7. The number of H-pyrrole nitrogens is 1. The van der Waals surface area contributed by atoms with Crippen molar-refractivity contribution in [1.82, 2.24) is 19.7 Å². The molecule has 0 atom stereocenters. The number of aromatic amines is 1. The molecule has 0 bridgehead atoms. The molecule has 0 saturated carbocycles. The zero-order chi connectivity index (χ0) is 19.5. The molecule has 2 aromatic heterocycles. The topological polar surface area (TPSA) is 63.6 Å². The zero-order valence-electron chi connectivity index (χ0n) is 14.5. The van der Waals surface area contributed by atoms with Crippen LogP contribution in [0.1, 0.15) is 10.5 Å². The number of benzene rings is 2. The van der Waals surface area contributed by atoms with E-state index in [0.29, 0.717) is 32.3 Å². The molecule has 2 heterocycles. The number of hydrogen-bond donors (Lipinski definition) is 1. The lowest BCUT2D eigenvalue weighted by atomic mass is 10.2. The Hall–Kier alpha value is -2.54. The first-order chi connectivity index (χ1) is 13.6. The third kappa shape index (κ3) is 3.85. The summed E-state index contributed by atoms with van der Waals surface area (Å²) < 4.78 is 1.89. The van der Waals surface area contributed by atoms with E-state index in [2.05, 4.69) is 15.2 Å². The number of carbonyl (C=O) groups is 1. The first-order valence-corrected chi connectivity index (χ1v) is 10.1. The van der Waals surface area contributed by atoms with Crippen molar-refractivity contribution in [2.45, 2.75) is 5.16 Å². The normalized spacial score (nSPS) is 10.9. The average molecular weight is 429 g/mol. The predicted octanol–water partition coefficient (Wildman–Crippen LogP) is 5.54. The fraction of sp³-hybridized carbons (Fsp3) is 0.0500. The minimum absolute atomic E-state index is 0.0105. The maximum atomic E-state index is 12.3. The lowest BCUT2D eigenvalue weighted by Gasteiger charge is -2.11. The van der Waals surface area contributed by atoms with Gasteiger partial charge >= 0.3 is 0 Å². The summed E-state index contributed by atoms with van der Waals surface area (Å²) in [4.78, 5) is 15.3. The summed E-state index contributed by atoms with van der Waals surface area (Å²) in [6, 6.07) is 18.5. The van der Waals surface area contributed by atoms with Crippen molar-refractivity contribution in [3.63, 3.8) is 0 Å². The highest BCUT2D eigenvalue weighted by Gasteiger charge is 2.19. The van der Waals surface area contributed by atoms with Crippen LogP contribution < -0.4 is 0 Å². The summed E-state index contributed by atoms with van der Waals surface area (Å²) in [5, 5.41) is 10.3. The number of ketones is 1. The Bertz CT molecular complexity index is 1110. The number of halogens is 2. The van der Waals surface area contributed by atoms with Crippen LogP contribution in [-0.4, -0.2) is 31.3 Å². The van der Waals surface area contributed by atoms with E-state index < -0.39 is 0 Å². The molecule has 5 nitrogen and oxygen atoms in total. The minimum atomic E-state index is -0.0105. The van der Waals surface area contributed by atoms with Crippen LogP contribution in [-0.2, 0) is 0 Å². The van der Waals surface area contributed by atoms with Crippen molar-refractivity contribution in [3.05, 3.63) is 82.6 Å². The van der Waals surface area contributed by atoms with E-state index in [1.165, 1.54) is 11.8 Å². The molecule has 0 aliphatic rings. The second kappa shape index (κ2) is 8.22. The van der Waals surface area contributed by atoms with E-state index in [-0.39, 0.29) is 11.5 Å². The Balaban J connectivity index is 1.73. The van der Waals surface area contributed by atoms with Gasteiger partial charge in [-0.3, -0.25) is 9.36 Å². The van der Waals surface area contributed by atoms with E-state index in [1.807, 2.05) is 41.0 Å². The summed E-state index contributed by atoms with van der Waals surface area (Å²) in [6.45, 7) is 0. The Morgan fingerprint density at radius 1 is 1.04 bits per heavy atom. The van der Waals surface area contributed by atoms with Crippen molar-refractivity contribution in [1.29, 1.82) is 0 Å². The molecule has 0 spiro atoms. The zero-order valence-corrected chi connectivity index (χ0v) is 16.8. The maximum Gasteiger partial charge on any atom is 0.196 e. The lowest BCUT2D eigenvalue weighted by Crippen LogP contribution is -2.05. The first-order valence-electron chi connectivity index (χ1n) is 8.39. The van der Waals surface area contributed by atoms with Gasteiger partial charge in [0.25, 0.3) is 0 Å². The van der Waals surface area contributed by atoms with Crippen LogP contribution in [0, 0.1) is 0 Å². The maximum absolute atomic E-state index is 12.3. The number of thioether (sulfide) groups is 1. The molecule has 1 N–H and O–H groups in total. The van der Waals surface area contributed by atoms with Gasteiger partial charge in [0.1, 0.15) is 0 Å². The van der Waals surface area contributed by atoms with E-state index in [0.717, 1.165) is 5.69 Å². The van der Waals surface area contributed by atoms with Gasteiger partial charge in [-0.25, -0.2) is 0 Å². The SMILES string of the molecule is O=C(CSc1nnc(-c2ccc(Cl)cc2Cl)n1-c1ccccc1)c1ccc[nH]1. The number of nitrogens with one attached hydrogen (secondary N) is 1. The van der Waals surface area contributed by atoms with Gasteiger partial charge in [0.05, 0.1) is 16.5 Å². The van der Waals surface area contributed by atoms with Gasteiger partial charge in [-0.1, -0.05) is 53.2 Å². The first kappa shape index (κ1) is 18.8. The number of hydrogen-bond acceptors (Lipinski definition) is 4. The highest BCUT2D eigenvalue weighted by molar-refractivity contribution is 7.99. The van der Waals surface area contributed by atoms with Crippen LogP contribution in [0.15, 0.2) is 72.0 Å². The van der Waals surface area contributed by atoms with Crippen LogP contribution in [0.5, 0.6) is 0 Å². The van der Waals surface area contributed by atoms with Crippen molar-refractivity contribution < 1.29 is 4.79 Å². The van der Waals surface area contributed by atoms with Gasteiger partial charge in [-0.15, -0.1) is 10.2 Å². The molecule has 4 aromatic rings. The molecule has 140 valence electrons. The number of carbonyl (C=O) groups excluding carboxylic acids is 1. The monoisotopic (exact) mass is 428 g/mol. The van der Waals surface area contributed by atoms with Crippen molar-refractivity contribution >= 4 is 40.7 Å². The van der Waals surface area contributed by atoms with Crippen molar-refractivity contribution in [2.24, 2.45) is 0 Å². The summed E-state index contributed by atoms with van der Waals surface area (Å²) in [5.41, 5.74) is 2.16. The second-order valence-electron chi connectivity index (χ2n) is 5.90. The fourth-order valence-electron chi connectivity index (χ4n) is 2.73. The molecule has 0 saturated heterocycles. The summed E-state index contributed by atoms with van der Waals surface area (Å²) in [7, 11) is 0. The number of aromatic nitrogens is 4. The molecule has 0 radical (unpaired) electrons. The van der Waals surface area contributed by atoms with Crippen molar-refractivity contribution in [3.8, 4) is 17.1 Å². The summed E-state index contributed by atoms with van der Waals surface area (Å²) in [5.74, 6) is 0.811. The summed E-state index contributed by atoms with van der Waals surface area (Å²) in [6.07, 6.45) is 1.73. The molecule has 4 rings (SSSR count). The third-order valence-electron chi connectivity index (χ3n) is 4.05. The van der Waals surface area contributed by atoms with Gasteiger partial charge in [-0.05, 0) is 42.5 Å². The second-order valence-corrected chi connectivity index (χ2v) is 7.68. The van der Waals surface area contributed by atoms with Crippen LogP contribution in [0.25, 0.3) is 17.1 Å². The van der Waals surface area contributed by atoms with Gasteiger partial charge in [0.15, 0.2) is 16.8 Å². The molecule has 8 heteroatoms. The van der Waals surface area contributed by atoms with E-state index in [4.69, 9.17) is 23.2 Å². The molecule has 2 aromatic carbocycles. The highest BCUT2D eigenvalue weighted by Crippen LogP contribution is 2.33. The molecule has 0 aliphatic carbocycles. The third-order valence-corrected chi connectivity index (χ3v) is 5.53. The molecule has 0 unspecified atom stereocenters. The molecule has 28 heavy (non-hydrogen) atoms. The number of nitrogens with zero attached hydrogens (tertiary/aromatic N) is 3. The average Bonchev–Trinajstić information content (AvgIpc) is 3.37. The molecule has 0 amide bonds. The van der Waals surface area contributed by atoms with Crippen molar-refractivity contribution in [2.75, 3.05) is 5.75 Å². The Morgan fingerprint density at radius 2 is 1.86 bits per heavy atom. The predicted molar refractivity (Wildman–Crippen MR) is 113 cm³/mol. The van der Waals surface area contributed by atoms with Gasteiger partial charge in [0.2, 0.25) is 0 Å². The van der Waals surface area contributed by atoms with E-state index in [1.54, 1.807) is 30.5 Å². The molecular formula is C20H14Cl2N4OS. The Morgan fingerprint density at radius 3 is 2.57 bits per heavy atom. The van der Waals surface area contributed by atoms with Gasteiger partial charge < -0.3 is 4.98 Å². The van der Waals surface area contributed by atoms with E-state index in [9.17, 15) is 4.79 Å². The quantitative estimate of drug-likeness (QED) is 0.323. The minimum Gasteiger partial charge on any atom is -0.359 e. The fourth-order valence-corrected chi connectivity index (χ4v) is 4.06.